The summed E-state index contributed by atoms with van der Waals surface area (Å²) in [5, 5.41) is 2.76. The second-order valence-electron chi connectivity index (χ2n) is 6.76. The lowest BCUT2D eigenvalue weighted by Gasteiger charge is -2.31. The Morgan fingerprint density at radius 3 is 2.35 bits per heavy atom. The molecular weight excluding hydrogens is 286 g/mol. The third kappa shape index (κ3) is 4.13. The quantitative estimate of drug-likeness (QED) is 0.805. The number of aryl methyl sites for hydroxylation is 1. The number of carbonyl (C=O) groups excluding carboxylic acids is 1. The minimum Gasteiger partial charge on any atom is -0.410 e. The third-order valence-electron chi connectivity index (χ3n) is 4.50. The summed E-state index contributed by atoms with van der Waals surface area (Å²) in [5.41, 5.74) is 2.74. The zero-order chi connectivity index (χ0) is 17.0. The molecule has 0 spiro atoms. The van der Waals surface area contributed by atoms with E-state index in [2.05, 4.69) is 45.1 Å². The first-order valence-electron chi connectivity index (χ1n) is 7.95. The molecule has 3 heteroatoms. The van der Waals surface area contributed by atoms with Crippen LogP contribution in [0.3, 0.4) is 0 Å². The molecule has 0 aliphatic carbocycles. The molecule has 0 atom stereocenters. The van der Waals surface area contributed by atoms with Gasteiger partial charge in [0.1, 0.15) is 5.75 Å². The fourth-order valence-corrected chi connectivity index (χ4v) is 2.32. The highest BCUT2D eigenvalue weighted by atomic mass is 16.6. The molecule has 2 aromatic carbocycles. The lowest BCUT2D eigenvalue weighted by molar-refractivity contribution is 0.213. The number of benzene rings is 2. The highest BCUT2D eigenvalue weighted by Gasteiger charge is 2.28. The maximum atomic E-state index is 12.2. The molecule has 0 saturated heterocycles. The number of amides is 1. The molecule has 23 heavy (non-hydrogen) atoms. The zero-order valence-electron chi connectivity index (χ0n) is 14.5. The molecule has 0 bridgehead atoms. The van der Waals surface area contributed by atoms with Crippen molar-refractivity contribution in [3.63, 3.8) is 0 Å². The van der Waals surface area contributed by atoms with Crippen LogP contribution in [-0.4, -0.2) is 6.09 Å². The fourth-order valence-electron chi connectivity index (χ4n) is 2.32. The van der Waals surface area contributed by atoms with E-state index >= 15 is 0 Å². The molecule has 0 aromatic heterocycles. The largest absolute Gasteiger partial charge is 0.417 e. The lowest BCUT2D eigenvalue weighted by atomic mass is 9.74. The summed E-state index contributed by atoms with van der Waals surface area (Å²) in [6.45, 7) is 10.7. The van der Waals surface area contributed by atoms with E-state index in [9.17, 15) is 4.79 Å². The highest BCUT2D eigenvalue weighted by Crippen LogP contribution is 2.37. The highest BCUT2D eigenvalue weighted by molar-refractivity contribution is 5.86. The molecule has 0 radical (unpaired) electrons. The van der Waals surface area contributed by atoms with E-state index in [1.807, 2.05) is 43.3 Å². The summed E-state index contributed by atoms with van der Waals surface area (Å²) in [6, 6.07) is 15.3. The van der Waals surface area contributed by atoms with Crippen molar-refractivity contribution in [2.45, 2.75) is 40.0 Å². The van der Waals surface area contributed by atoms with Crippen molar-refractivity contribution in [3.05, 3.63) is 59.7 Å². The molecule has 1 N–H and O–H groups in total. The van der Waals surface area contributed by atoms with Crippen molar-refractivity contribution in [1.29, 1.82) is 0 Å². The van der Waals surface area contributed by atoms with Gasteiger partial charge in [-0.3, -0.25) is 5.32 Å². The Kier molecular flexibility index (Phi) is 5.09. The predicted molar refractivity (Wildman–Crippen MR) is 95.1 cm³/mol. The van der Waals surface area contributed by atoms with Gasteiger partial charge < -0.3 is 4.74 Å². The van der Waals surface area contributed by atoms with Crippen molar-refractivity contribution >= 4 is 11.8 Å². The van der Waals surface area contributed by atoms with Gasteiger partial charge in [0.15, 0.2) is 0 Å². The Labute approximate surface area is 138 Å². The van der Waals surface area contributed by atoms with Gasteiger partial charge in [0.25, 0.3) is 0 Å². The number of carbonyl (C=O) groups is 1. The Balaban J connectivity index is 2.25. The van der Waals surface area contributed by atoms with E-state index in [0.29, 0.717) is 11.7 Å². The normalized spacial score (nSPS) is 11.4. The number of rotatable bonds is 4. The molecule has 2 aromatic rings. The average molecular weight is 311 g/mol. The van der Waals surface area contributed by atoms with Crippen LogP contribution in [0.1, 0.15) is 38.8 Å². The van der Waals surface area contributed by atoms with E-state index in [1.165, 1.54) is 0 Å². The van der Waals surface area contributed by atoms with Gasteiger partial charge in [0, 0.05) is 11.3 Å². The first-order valence-corrected chi connectivity index (χ1v) is 7.95. The predicted octanol–water partition coefficient (Wildman–Crippen LogP) is 5.54. The van der Waals surface area contributed by atoms with E-state index in [0.717, 1.165) is 16.8 Å². The monoisotopic (exact) mass is 311 g/mol. The fraction of sp³-hybridized carbons (Fsp3) is 0.350. The van der Waals surface area contributed by atoms with E-state index in [1.54, 1.807) is 0 Å². The van der Waals surface area contributed by atoms with Gasteiger partial charge in [0.05, 0.1) is 0 Å². The number of ether oxygens (including phenoxy) is 1. The van der Waals surface area contributed by atoms with Crippen LogP contribution in [0.15, 0.2) is 48.5 Å². The van der Waals surface area contributed by atoms with E-state index < -0.39 is 6.09 Å². The molecule has 0 unspecified atom stereocenters. The zero-order valence-corrected chi connectivity index (χ0v) is 14.5. The summed E-state index contributed by atoms with van der Waals surface area (Å²) in [5.74, 6) is 1.04. The summed E-state index contributed by atoms with van der Waals surface area (Å²) in [4.78, 5) is 12.2. The molecule has 122 valence electrons. The van der Waals surface area contributed by atoms with Crippen molar-refractivity contribution in [2.24, 2.45) is 5.92 Å². The molecule has 2 rings (SSSR count). The third-order valence-corrected chi connectivity index (χ3v) is 4.50. The first kappa shape index (κ1) is 17.1. The van der Waals surface area contributed by atoms with Gasteiger partial charge in [0.2, 0.25) is 0 Å². The van der Waals surface area contributed by atoms with Gasteiger partial charge in [-0.15, -0.1) is 0 Å². The summed E-state index contributed by atoms with van der Waals surface area (Å²) >= 11 is 0. The van der Waals surface area contributed by atoms with Crippen LogP contribution in [0.4, 0.5) is 10.5 Å². The summed E-state index contributed by atoms with van der Waals surface area (Å²) in [7, 11) is 0. The van der Waals surface area contributed by atoms with Crippen molar-refractivity contribution in [1.82, 2.24) is 0 Å². The Bertz CT molecular complexity index is 675. The average Bonchev–Trinajstić information content (AvgIpc) is 2.47. The molecule has 0 saturated carbocycles. The molecular formula is C20H25NO2. The van der Waals surface area contributed by atoms with Gasteiger partial charge in [-0.1, -0.05) is 58.0 Å². The Hall–Kier alpha value is -2.29. The topological polar surface area (TPSA) is 38.3 Å². The number of nitrogens with one attached hydrogen (secondary N) is 1. The van der Waals surface area contributed by atoms with E-state index in [4.69, 9.17) is 4.74 Å². The van der Waals surface area contributed by atoms with Crippen LogP contribution in [-0.2, 0) is 5.41 Å². The number of hydrogen-bond donors (Lipinski definition) is 1. The summed E-state index contributed by atoms with van der Waals surface area (Å²) < 4.78 is 5.62. The second kappa shape index (κ2) is 6.86. The van der Waals surface area contributed by atoms with Crippen LogP contribution in [0, 0.1) is 12.8 Å². The molecule has 0 fully saturated rings. The molecule has 3 nitrogen and oxygen atoms in total. The van der Waals surface area contributed by atoms with Crippen molar-refractivity contribution < 1.29 is 9.53 Å². The molecule has 1 amide bonds. The lowest BCUT2D eigenvalue weighted by Crippen LogP contribution is -2.26. The van der Waals surface area contributed by atoms with Crippen LogP contribution in [0.25, 0.3) is 0 Å². The SMILES string of the molecule is Cc1ccc(C(C)(C)C(C)C)c(OC(=O)Nc2ccccc2)c1. The van der Waals surface area contributed by atoms with Crippen LogP contribution < -0.4 is 10.1 Å². The smallest absolute Gasteiger partial charge is 0.410 e. The summed E-state index contributed by atoms with van der Waals surface area (Å²) in [6.07, 6.45) is -0.470. The van der Waals surface area contributed by atoms with E-state index in [-0.39, 0.29) is 5.41 Å². The minimum absolute atomic E-state index is 0.0872. The standard InChI is InChI=1S/C20H25NO2/c1-14(2)20(4,5)17-12-11-15(3)13-18(17)23-19(22)21-16-9-7-6-8-10-16/h6-14H,1-5H3,(H,21,22). The van der Waals surface area contributed by atoms with Gasteiger partial charge in [-0.25, -0.2) is 4.79 Å². The number of para-hydroxylation sites is 1. The molecule has 0 heterocycles. The number of anilines is 1. The van der Waals surface area contributed by atoms with Crippen molar-refractivity contribution in [2.75, 3.05) is 5.32 Å². The van der Waals surface area contributed by atoms with Gasteiger partial charge in [-0.2, -0.15) is 0 Å². The Morgan fingerprint density at radius 2 is 1.74 bits per heavy atom. The maximum absolute atomic E-state index is 12.2. The molecule has 0 aliphatic heterocycles. The number of hydrogen-bond acceptors (Lipinski definition) is 2. The van der Waals surface area contributed by atoms with Gasteiger partial charge >= 0.3 is 6.09 Å². The second-order valence-corrected chi connectivity index (χ2v) is 6.76. The van der Waals surface area contributed by atoms with Crippen LogP contribution in [0.5, 0.6) is 5.75 Å². The first-order chi connectivity index (χ1) is 10.8. The van der Waals surface area contributed by atoms with Crippen molar-refractivity contribution in [3.8, 4) is 5.75 Å². The Morgan fingerprint density at radius 1 is 1.09 bits per heavy atom. The molecule has 0 aliphatic rings. The minimum atomic E-state index is -0.470. The van der Waals surface area contributed by atoms with Crippen LogP contribution >= 0.6 is 0 Å². The maximum Gasteiger partial charge on any atom is 0.417 e. The van der Waals surface area contributed by atoms with Gasteiger partial charge in [-0.05, 0) is 42.0 Å². The van der Waals surface area contributed by atoms with Crippen LogP contribution in [0.2, 0.25) is 0 Å².